The summed E-state index contributed by atoms with van der Waals surface area (Å²) in [6.07, 6.45) is -2.91. The monoisotopic (exact) mass is 406 g/mol. The molecule has 5 nitrogen and oxygen atoms in total. The van der Waals surface area contributed by atoms with Gasteiger partial charge < -0.3 is 10.2 Å². The third kappa shape index (κ3) is 6.01. The molecular weight excluding hydrogens is 381 g/mol. The molecule has 2 heterocycles. The zero-order chi connectivity index (χ0) is 20.9. The first-order valence-corrected chi connectivity index (χ1v) is 9.69. The van der Waals surface area contributed by atoms with Crippen LogP contribution in [0.2, 0.25) is 0 Å². The lowest BCUT2D eigenvalue weighted by molar-refractivity contribution is -0.138. The lowest BCUT2D eigenvalue weighted by Crippen LogP contribution is -2.45. The molecule has 0 unspecified atom stereocenters. The molecule has 1 fully saturated rings. The molecule has 1 aromatic carbocycles. The number of alkyl halides is 3. The number of anilines is 1. The van der Waals surface area contributed by atoms with Crippen molar-refractivity contribution in [1.29, 1.82) is 0 Å². The van der Waals surface area contributed by atoms with E-state index in [0.717, 1.165) is 38.8 Å². The molecule has 1 amide bonds. The summed E-state index contributed by atoms with van der Waals surface area (Å²) in [6, 6.07) is 9.20. The fourth-order valence-electron chi connectivity index (χ4n) is 3.43. The summed E-state index contributed by atoms with van der Waals surface area (Å²) in [5, 5.41) is 2.55. The third-order valence-corrected chi connectivity index (χ3v) is 5.07. The van der Waals surface area contributed by atoms with Crippen molar-refractivity contribution in [1.82, 2.24) is 14.8 Å². The molecule has 0 radical (unpaired) electrons. The van der Waals surface area contributed by atoms with Crippen LogP contribution in [0.3, 0.4) is 0 Å². The van der Waals surface area contributed by atoms with Crippen LogP contribution in [0.1, 0.15) is 23.7 Å². The lowest BCUT2D eigenvalue weighted by atomic mass is 10.0. The van der Waals surface area contributed by atoms with Crippen LogP contribution >= 0.6 is 0 Å². The molecule has 3 rings (SSSR count). The van der Waals surface area contributed by atoms with Crippen molar-refractivity contribution in [2.24, 2.45) is 0 Å². The van der Waals surface area contributed by atoms with E-state index in [1.807, 2.05) is 4.90 Å². The standard InChI is InChI=1S/C21H25F3N4O/c1-2-27-9-11-28(12-10-27)15-16-6-7-18(13-19(16)21(22,23)24)26-20(29)14-17-5-3-4-8-25-17/h3-8,13H,2,9-12,14-15H2,1H3,(H,26,29). The van der Waals surface area contributed by atoms with Crippen LogP contribution in [-0.4, -0.2) is 53.4 Å². The molecule has 8 heteroatoms. The Hall–Kier alpha value is -2.45. The summed E-state index contributed by atoms with van der Waals surface area (Å²) >= 11 is 0. The van der Waals surface area contributed by atoms with Gasteiger partial charge in [-0.2, -0.15) is 13.2 Å². The zero-order valence-corrected chi connectivity index (χ0v) is 16.4. The van der Waals surface area contributed by atoms with Crippen LogP contribution < -0.4 is 5.32 Å². The van der Waals surface area contributed by atoms with Gasteiger partial charge in [-0.05, 0) is 36.4 Å². The van der Waals surface area contributed by atoms with E-state index in [2.05, 4.69) is 22.1 Å². The molecule has 0 saturated carbocycles. The fourth-order valence-corrected chi connectivity index (χ4v) is 3.43. The van der Waals surface area contributed by atoms with E-state index < -0.39 is 17.6 Å². The van der Waals surface area contributed by atoms with Crippen LogP contribution in [0.5, 0.6) is 0 Å². The van der Waals surface area contributed by atoms with Crippen molar-refractivity contribution in [3.8, 4) is 0 Å². The Kier molecular flexibility index (Phi) is 6.87. The smallest absolute Gasteiger partial charge is 0.326 e. The van der Waals surface area contributed by atoms with E-state index in [-0.39, 0.29) is 24.2 Å². The molecular formula is C21H25F3N4O. The van der Waals surface area contributed by atoms with Gasteiger partial charge in [0.25, 0.3) is 0 Å². The molecule has 0 atom stereocenters. The molecule has 1 aromatic heterocycles. The van der Waals surface area contributed by atoms with Crippen LogP contribution in [-0.2, 0) is 23.9 Å². The molecule has 1 aliphatic rings. The predicted octanol–water partition coefficient (Wildman–Crippen LogP) is 3.42. The minimum Gasteiger partial charge on any atom is -0.326 e. The van der Waals surface area contributed by atoms with E-state index in [4.69, 9.17) is 0 Å². The Labute approximate surface area is 168 Å². The first kappa shape index (κ1) is 21.3. The number of benzene rings is 1. The number of rotatable bonds is 6. The molecule has 1 N–H and O–H groups in total. The Bertz CT molecular complexity index is 818. The van der Waals surface area contributed by atoms with Crippen molar-refractivity contribution in [3.05, 3.63) is 59.4 Å². The predicted molar refractivity (Wildman–Crippen MR) is 105 cm³/mol. The van der Waals surface area contributed by atoms with Crippen molar-refractivity contribution in [2.75, 3.05) is 38.0 Å². The summed E-state index contributed by atoms with van der Waals surface area (Å²) in [5.74, 6) is -0.403. The van der Waals surface area contributed by atoms with Crippen molar-refractivity contribution < 1.29 is 18.0 Å². The molecule has 0 spiro atoms. The van der Waals surface area contributed by atoms with Gasteiger partial charge in [-0.25, -0.2) is 0 Å². The van der Waals surface area contributed by atoms with Crippen LogP contribution in [0.25, 0.3) is 0 Å². The summed E-state index contributed by atoms with van der Waals surface area (Å²) in [4.78, 5) is 20.5. The molecule has 0 aliphatic carbocycles. The Morgan fingerprint density at radius 3 is 2.45 bits per heavy atom. The van der Waals surface area contributed by atoms with E-state index in [0.29, 0.717) is 5.69 Å². The van der Waals surface area contributed by atoms with Gasteiger partial charge in [0.2, 0.25) is 5.91 Å². The summed E-state index contributed by atoms with van der Waals surface area (Å²) in [5.41, 5.74) is 0.220. The van der Waals surface area contributed by atoms with E-state index in [1.165, 1.54) is 12.1 Å². The maximum atomic E-state index is 13.6. The first-order valence-electron chi connectivity index (χ1n) is 9.69. The van der Waals surface area contributed by atoms with Gasteiger partial charge in [-0.1, -0.05) is 19.1 Å². The second kappa shape index (κ2) is 9.37. The molecule has 1 aliphatic heterocycles. The Morgan fingerprint density at radius 2 is 1.83 bits per heavy atom. The second-order valence-corrected chi connectivity index (χ2v) is 7.13. The molecule has 1 saturated heterocycles. The molecule has 2 aromatic rings. The average molecular weight is 406 g/mol. The third-order valence-electron chi connectivity index (χ3n) is 5.07. The highest BCUT2D eigenvalue weighted by Gasteiger charge is 2.34. The number of carbonyl (C=O) groups is 1. The van der Waals surface area contributed by atoms with Gasteiger partial charge >= 0.3 is 6.18 Å². The zero-order valence-electron chi connectivity index (χ0n) is 16.4. The molecule has 156 valence electrons. The van der Waals surface area contributed by atoms with Gasteiger partial charge in [0.1, 0.15) is 0 Å². The van der Waals surface area contributed by atoms with Crippen molar-refractivity contribution in [2.45, 2.75) is 26.1 Å². The summed E-state index contributed by atoms with van der Waals surface area (Å²) in [6.45, 7) is 6.49. The lowest BCUT2D eigenvalue weighted by Gasteiger charge is -2.34. The maximum Gasteiger partial charge on any atom is 0.416 e. The number of likely N-dealkylation sites (N-methyl/N-ethyl adjacent to an activating group) is 1. The minimum atomic E-state index is -4.48. The van der Waals surface area contributed by atoms with Gasteiger partial charge in [0, 0.05) is 50.3 Å². The first-order chi connectivity index (χ1) is 13.8. The number of nitrogens with one attached hydrogen (secondary N) is 1. The quantitative estimate of drug-likeness (QED) is 0.799. The van der Waals surface area contributed by atoms with Gasteiger partial charge in [0.15, 0.2) is 0 Å². The molecule has 29 heavy (non-hydrogen) atoms. The number of hydrogen-bond donors (Lipinski definition) is 1. The highest BCUT2D eigenvalue weighted by atomic mass is 19.4. The highest BCUT2D eigenvalue weighted by Crippen LogP contribution is 2.34. The number of aromatic nitrogens is 1. The number of hydrogen-bond acceptors (Lipinski definition) is 4. The number of halogens is 3. The number of carbonyl (C=O) groups excluding carboxylic acids is 1. The largest absolute Gasteiger partial charge is 0.416 e. The average Bonchev–Trinajstić information content (AvgIpc) is 2.69. The summed E-state index contributed by atoms with van der Waals surface area (Å²) in [7, 11) is 0. The fraction of sp³-hybridized carbons (Fsp3) is 0.429. The Morgan fingerprint density at radius 1 is 1.10 bits per heavy atom. The topological polar surface area (TPSA) is 48.5 Å². The number of piperazine rings is 1. The maximum absolute atomic E-state index is 13.6. The number of nitrogens with zero attached hydrogens (tertiary/aromatic N) is 3. The Balaban J connectivity index is 1.70. The van der Waals surface area contributed by atoms with Crippen LogP contribution in [0.15, 0.2) is 42.6 Å². The van der Waals surface area contributed by atoms with Crippen LogP contribution in [0.4, 0.5) is 18.9 Å². The molecule has 0 bridgehead atoms. The number of amides is 1. The second-order valence-electron chi connectivity index (χ2n) is 7.13. The van der Waals surface area contributed by atoms with Crippen molar-refractivity contribution >= 4 is 11.6 Å². The van der Waals surface area contributed by atoms with E-state index in [9.17, 15) is 18.0 Å². The van der Waals surface area contributed by atoms with Gasteiger partial charge in [-0.3, -0.25) is 14.7 Å². The van der Waals surface area contributed by atoms with Crippen molar-refractivity contribution in [3.63, 3.8) is 0 Å². The SMILES string of the molecule is CCN1CCN(Cc2ccc(NC(=O)Cc3ccccn3)cc2C(F)(F)F)CC1. The minimum absolute atomic E-state index is 0.00560. The van der Waals surface area contributed by atoms with Gasteiger partial charge in [0.05, 0.1) is 12.0 Å². The highest BCUT2D eigenvalue weighted by molar-refractivity contribution is 5.92. The van der Waals surface area contributed by atoms with Gasteiger partial charge in [-0.15, -0.1) is 0 Å². The summed E-state index contributed by atoms with van der Waals surface area (Å²) < 4.78 is 40.9. The normalized spacial score (nSPS) is 16.0. The van der Waals surface area contributed by atoms with E-state index in [1.54, 1.807) is 24.4 Å². The van der Waals surface area contributed by atoms with Crippen LogP contribution in [0, 0.1) is 0 Å². The number of pyridine rings is 1. The van der Waals surface area contributed by atoms with E-state index >= 15 is 0 Å².